The number of carbonyl (C=O) groups is 4. The zero-order chi connectivity index (χ0) is 37.4. The number of halogens is 1. The van der Waals surface area contributed by atoms with Crippen LogP contribution < -0.4 is 5.32 Å². The number of nitrogens with one attached hydrogen (secondary N) is 1. The van der Waals surface area contributed by atoms with Gasteiger partial charge in [-0.3, -0.25) is 19.2 Å². The number of aliphatic hydroxyl groups excluding tert-OH is 1. The number of amides is 3. The second kappa shape index (κ2) is 17.8. The quantitative estimate of drug-likeness (QED) is 0.0859. The van der Waals surface area contributed by atoms with Gasteiger partial charge in [-0.15, -0.1) is 13.2 Å². The van der Waals surface area contributed by atoms with Gasteiger partial charge in [0.25, 0.3) is 0 Å². The molecule has 0 aromatic heterocycles. The number of benzene rings is 2. The average molecular weight is 779 g/mol. The predicted octanol–water partition coefficient (Wildman–Crippen LogP) is 5.30. The minimum absolute atomic E-state index is 0.202. The van der Waals surface area contributed by atoms with Crippen LogP contribution >= 0.6 is 15.9 Å². The molecule has 2 bridgehead atoms. The first-order valence-electron chi connectivity index (χ1n) is 18.5. The summed E-state index contributed by atoms with van der Waals surface area (Å²) in [7, 11) is 0. The number of unbranched alkanes of at least 4 members (excludes halogenated alkanes) is 2. The Labute approximate surface area is 315 Å². The van der Waals surface area contributed by atoms with Gasteiger partial charge in [-0.1, -0.05) is 109 Å². The molecule has 11 heteroatoms. The Morgan fingerprint density at radius 1 is 1.12 bits per heavy atom. The van der Waals surface area contributed by atoms with E-state index in [1.807, 2.05) is 60.7 Å². The van der Waals surface area contributed by atoms with Gasteiger partial charge < -0.3 is 29.7 Å². The number of alkyl halides is 1. The molecule has 3 heterocycles. The van der Waals surface area contributed by atoms with Gasteiger partial charge in [0.2, 0.25) is 17.7 Å². The van der Waals surface area contributed by atoms with Crippen LogP contribution in [-0.2, 0) is 35.1 Å². The second-order valence-electron chi connectivity index (χ2n) is 14.2. The Bertz CT molecular complexity index is 1570. The van der Waals surface area contributed by atoms with Crippen LogP contribution in [0, 0.1) is 11.8 Å². The van der Waals surface area contributed by atoms with E-state index >= 15 is 0 Å². The molecule has 2 aromatic rings. The number of allylic oxidation sites excluding steroid dienone is 1. The fourth-order valence-corrected chi connectivity index (χ4v) is 9.20. The molecule has 1 unspecified atom stereocenters. The normalized spacial score (nSPS) is 26.3. The van der Waals surface area contributed by atoms with Gasteiger partial charge in [-0.2, -0.15) is 0 Å². The van der Waals surface area contributed by atoms with Crippen molar-refractivity contribution in [1.29, 1.82) is 0 Å². The number of fused-ring (bicyclic) bond motifs is 1. The van der Waals surface area contributed by atoms with Crippen LogP contribution in [0.3, 0.4) is 0 Å². The van der Waals surface area contributed by atoms with E-state index in [-0.39, 0.29) is 36.2 Å². The molecule has 5 rings (SSSR count). The van der Waals surface area contributed by atoms with Crippen molar-refractivity contribution in [2.24, 2.45) is 11.8 Å². The van der Waals surface area contributed by atoms with E-state index in [2.05, 4.69) is 41.3 Å². The first-order valence-corrected chi connectivity index (χ1v) is 19.4. The van der Waals surface area contributed by atoms with Crippen LogP contribution in [-0.4, -0.2) is 93.0 Å². The van der Waals surface area contributed by atoms with Crippen molar-refractivity contribution in [2.45, 2.75) is 99.6 Å². The van der Waals surface area contributed by atoms with E-state index in [1.54, 1.807) is 24.0 Å². The Kier molecular flexibility index (Phi) is 13.5. The minimum atomic E-state index is -1.34. The van der Waals surface area contributed by atoms with Crippen molar-refractivity contribution < 1.29 is 33.8 Å². The summed E-state index contributed by atoms with van der Waals surface area (Å²) in [6.07, 6.45) is 5.82. The van der Waals surface area contributed by atoms with Crippen LogP contribution in [0.1, 0.15) is 69.6 Å². The van der Waals surface area contributed by atoms with E-state index in [4.69, 9.17) is 9.47 Å². The zero-order valence-electron chi connectivity index (χ0n) is 30.2. The smallest absolute Gasteiger partial charge is 0.313 e. The highest BCUT2D eigenvalue weighted by Crippen LogP contribution is 2.61. The molecule has 2 aromatic carbocycles. The summed E-state index contributed by atoms with van der Waals surface area (Å²) >= 11 is 3.76. The first kappa shape index (κ1) is 39.4. The third-order valence-corrected chi connectivity index (χ3v) is 11.5. The molecule has 3 amide bonds. The SMILES string of the molecule is C=CCCC(=O)N[C@H](C)[C@@H](OC(=O)[C@@H]1[C@H]2O[C@@]3(CC2Br)[C@H](C(=O)N(CC=C)CCCCC)N([C@@H](CO)Cc2ccccc2)C(=O)[C@@H]13)c1ccccc1. The summed E-state index contributed by atoms with van der Waals surface area (Å²) in [6.45, 7) is 11.8. The Hall–Kier alpha value is -3.80. The Balaban J connectivity index is 1.52. The predicted molar refractivity (Wildman–Crippen MR) is 202 cm³/mol. The molecule has 1 spiro atoms. The highest BCUT2D eigenvalue weighted by Gasteiger charge is 2.77. The molecule has 9 atom stereocenters. The number of esters is 1. The number of hydrogen-bond donors (Lipinski definition) is 2. The van der Waals surface area contributed by atoms with Crippen molar-refractivity contribution in [3.05, 3.63) is 97.1 Å². The number of aliphatic hydroxyl groups is 1. The van der Waals surface area contributed by atoms with E-state index in [0.717, 1.165) is 24.8 Å². The first-order chi connectivity index (χ1) is 25.1. The monoisotopic (exact) mass is 777 g/mol. The number of nitrogens with zero attached hydrogens (tertiary/aromatic N) is 2. The second-order valence-corrected chi connectivity index (χ2v) is 15.3. The summed E-state index contributed by atoms with van der Waals surface area (Å²) in [5.41, 5.74) is 0.247. The molecule has 3 aliphatic heterocycles. The summed E-state index contributed by atoms with van der Waals surface area (Å²) in [5, 5.41) is 13.8. The zero-order valence-corrected chi connectivity index (χ0v) is 31.8. The number of hydrogen-bond acceptors (Lipinski definition) is 7. The lowest BCUT2D eigenvalue weighted by Gasteiger charge is -2.39. The molecule has 3 fully saturated rings. The van der Waals surface area contributed by atoms with Crippen LogP contribution in [0.2, 0.25) is 0 Å². The molecular formula is C41H52BrN3O7. The summed E-state index contributed by atoms with van der Waals surface area (Å²) < 4.78 is 13.1. The number of likely N-dealkylation sites (tertiary alicyclic amines) is 1. The average Bonchev–Trinajstić information content (AvgIpc) is 3.75. The number of rotatable bonds is 19. The van der Waals surface area contributed by atoms with Crippen LogP contribution in [0.25, 0.3) is 0 Å². The maximum absolute atomic E-state index is 14.9. The summed E-state index contributed by atoms with van der Waals surface area (Å²) in [5.74, 6) is -3.60. The fraction of sp³-hybridized carbons (Fsp3) is 0.512. The van der Waals surface area contributed by atoms with Gasteiger partial charge in [-0.25, -0.2) is 0 Å². The maximum atomic E-state index is 14.9. The fourth-order valence-electron chi connectivity index (χ4n) is 8.26. The highest BCUT2D eigenvalue weighted by atomic mass is 79.9. The van der Waals surface area contributed by atoms with E-state index < -0.39 is 59.6 Å². The third kappa shape index (κ3) is 8.06. The molecule has 3 saturated heterocycles. The van der Waals surface area contributed by atoms with Gasteiger partial charge in [0, 0.05) is 24.3 Å². The van der Waals surface area contributed by atoms with Crippen molar-refractivity contribution >= 4 is 39.6 Å². The van der Waals surface area contributed by atoms with Gasteiger partial charge in [0.15, 0.2) is 0 Å². The lowest BCUT2D eigenvalue weighted by molar-refractivity contribution is -0.162. The molecular weight excluding hydrogens is 726 g/mol. The van der Waals surface area contributed by atoms with Crippen LogP contribution in [0.15, 0.2) is 86.0 Å². The van der Waals surface area contributed by atoms with E-state index in [9.17, 15) is 24.3 Å². The van der Waals surface area contributed by atoms with Crippen molar-refractivity contribution in [2.75, 3.05) is 19.7 Å². The highest BCUT2D eigenvalue weighted by molar-refractivity contribution is 9.09. The standard InChI is InChI=1S/C41H52BrN3O7/c1-5-8-16-23-44(22-7-3)39(49)37-41-25-31(42)36(52-41)33(34(41)38(48)45(37)30(26-46)24-28-17-12-10-13-18-28)40(50)51-35(29-19-14-11-15-20-29)27(4)43-32(47)21-9-6-2/h6-7,10-15,17-20,27,30-31,33-37,46H,2-3,5,8-9,16,21-26H2,1,4H3,(H,43,47)/t27-,30-,31?,33+,34-,35-,36+,37+,41-/m1/s1. The van der Waals surface area contributed by atoms with Gasteiger partial charge in [-0.05, 0) is 43.7 Å². The molecule has 0 aliphatic carbocycles. The Morgan fingerprint density at radius 3 is 2.44 bits per heavy atom. The third-order valence-electron chi connectivity index (χ3n) is 10.6. The van der Waals surface area contributed by atoms with E-state index in [0.29, 0.717) is 31.4 Å². The molecule has 0 saturated carbocycles. The van der Waals surface area contributed by atoms with E-state index in [1.165, 1.54) is 4.90 Å². The van der Waals surface area contributed by atoms with Crippen molar-refractivity contribution in [3.8, 4) is 0 Å². The summed E-state index contributed by atoms with van der Waals surface area (Å²) in [4.78, 5) is 59.9. The molecule has 0 radical (unpaired) electrons. The van der Waals surface area contributed by atoms with Gasteiger partial charge in [0.05, 0.1) is 36.6 Å². The van der Waals surface area contributed by atoms with Crippen molar-refractivity contribution in [1.82, 2.24) is 15.1 Å². The lowest BCUT2D eigenvalue weighted by atomic mass is 9.70. The molecule has 280 valence electrons. The van der Waals surface area contributed by atoms with Gasteiger partial charge in [0.1, 0.15) is 17.7 Å². The van der Waals surface area contributed by atoms with Crippen molar-refractivity contribution in [3.63, 3.8) is 0 Å². The Morgan fingerprint density at radius 2 is 1.81 bits per heavy atom. The topological polar surface area (TPSA) is 125 Å². The molecule has 52 heavy (non-hydrogen) atoms. The minimum Gasteiger partial charge on any atom is -0.455 e. The number of carbonyl (C=O) groups excluding carboxylic acids is 4. The molecule has 2 N–H and O–H groups in total. The summed E-state index contributed by atoms with van der Waals surface area (Å²) in [6, 6.07) is 16.3. The molecule has 3 aliphatic rings. The largest absolute Gasteiger partial charge is 0.455 e. The number of ether oxygens (including phenoxy) is 2. The van der Waals surface area contributed by atoms with Gasteiger partial charge >= 0.3 is 5.97 Å². The maximum Gasteiger partial charge on any atom is 0.313 e. The molecule has 10 nitrogen and oxygen atoms in total. The lowest BCUT2D eigenvalue weighted by Crippen LogP contribution is -2.59. The van der Waals surface area contributed by atoms with Crippen LogP contribution in [0.5, 0.6) is 0 Å². The van der Waals surface area contributed by atoms with Crippen LogP contribution in [0.4, 0.5) is 0 Å².